The van der Waals surface area contributed by atoms with E-state index in [1.807, 2.05) is 12.1 Å². The van der Waals surface area contributed by atoms with Gasteiger partial charge in [-0.25, -0.2) is 22.0 Å². The third-order valence-electron chi connectivity index (χ3n) is 7.25. The third kappa shape index (κ3) is 6.78. The molecule has 0 radical (unpaired) electrons. The van der Waals surface area contributed by atoms with Gasteiger partial charge < -0.3 is 0 Å². The van der Waals surface area contributed by atoms with Crippen LogP contribution in [-0.4, -0.2) is 6.18 Å². The van der Waals surface area contributed by atoms with Crippen LogP contribution in [0.3, 0.4) is 0 Å². The summed E-state index contributed by atoms with van der Waals surface area (Å²) in [4.78, 5) is 0. The minimum atomic E-state index is -5.12. The molecule has 0 heterocycles. The Morgan fingerprint density at radius 1 is 0.769 bits per heavy atom. The van der Waals surface area contributed by atoms with E-state index in [4.69, 9.17) is 0 Å². The summed E-state index contributed by atoms with van der Waals surface area (Å²) in [5.41, 5.74) is -0.902. The fourth-order valence-electron chi connectivity index (χ4n) is 5.25. The van der Waals surface area contributed by atoms with E-state index >= 15 is 4.39 Å². The van der Waals surface area contributed by atoms with Crippen LogP contribution in [0.25, 0.3) is 28.1 Å². The Hall–Kier alpha value is -3.42. The molecule has 3 aromatic rings. The Labute approximate surface area is 221 Å². The van der Waals surface area contributed by atoms with Crippen LogP contribution in [0.5, 0.6) is 0 Å². The maximum atomic E-state index is 15.1. The van der Waals surface area contributed by atoms with Crippen LogP contribution in [0.15, 0.2) is 67.3 Å². The fraction of sp³-hybridized carbons (Fsp3) is 0.290. The van der Waals surface area contributed by atoms with Crippen molar-refractivity contribution in [2.24, 2.45) is 5.92 Å². The Kier molecular flexibility index (Phi) is 8.62. The van der Waals surface area contributed by atoms with Gasteiger partial charge in [0.15, 0.2) is 0 Å². The molecule has 1 fully saturated rings. The lowest BCUT2D eigenvalue weighted by Crippen LogP contribution is -2.13. The topological polar surface area (TPSA) is 0 Å². The maximum Gasteiger partial charge on any atom is 0.412 e. The molecule has 8 heteroatoms. The second kappa shape index (κ2) is 11.8. The Morgan fingerprint density at radius 2 is 1.33 bits per heavy atom. The fourth-order valence-corrected chi connectivity index (χ4v) is 5.25. The molecule has 0 nitrogen and oxygen atoms in total. The molecule has 4 rings (SSSR count). The predicted molar refractivity (Wildman–Crippen MR) is 136 cm³/mol. The van der Waals surface area contributed by atoms with Crippen LogP contribution in [-0.2, 0) is 0 Å². The highest BCUT2D eigenvalue weighted by Gasteiger charge is 2.28. The molecule has 1 aliphatic carbocycles. The van der Waals surface area contributed by atoms with Gasteiger partial charge in [-0.3, -0.25) is 0 Å². The van der Waals surface area contributed by atoms with Gasteiger partial charge in [0.25, 0.3) is 0 Å². The maximum absolute atomic E-state index is 15.1. The molecule has 206 valence electrons. The molecule has 1 saturated carbocycles. The highest BCUT2D eigenvalue weighted by molar-refractivity contribution is 5.73. The molecule has 0 spiro atoms. The quantitative estimate of drug-likeness (QED) is 0.203. The molecule has 0 bridgehead atoms. The summed E-state index contributed by atoms with van der Waals surface area (Å²) in [5, 5.41) is 0. The van der Waals surface area contributed by atoms with Gasteiger partial charge in [-0.1, -0.05) is 30.3 Å². The van der Waals surface area contributed by atoms with Crippen LogP contribution >= 0.6 is 0 Å². The lowest BCUT2D eigenvalue weighted by molar-refractivity contribution is -0.0798. The molecule has 3 aromatic carbocycles. The van der Waals surface area contributed by atoms with Crippen LogP contribution in [0.4, 0.5) is 35.1 Å². The van der Waals surface area contributed by atoms with Crippen LogP contribution in [0.1, 0.15) is 55.6 Å². The van der Waals surface area contributed by atoms with Gasteiger partial charge in [-0.15, -0.1) is 6.58 Å². The average Bonchev–Trinajstić information content (AvgIpc) is 2.86. The number of rotatable bonds is 7. The predicted octanol–water partition coefficient (Wildman–Crippen LogP) is 10.7. The SMILES string of the molecule is C=CCCC1CCC(c2ccc(-c3ccc(-c4cc(F)c(/C(F)=C/C(F)(F)F)c(F)c4)c(F)c3)c(F)c2)CC1. The molecule has 39 heavy (non-hydrogen) atoms. The zero-order chi connectivity index (χ0) is 28.3. The van der Waals surface area contributed by atoms with Gasteiger partial charge in [0.1, 0.15) is 29.1 Å². The highest BCUT2D eigenvalue weighted by Crippen LogP contribution is 2.39. The van der Waals surface area contributed by atoms with E-state index in [-0.39, 0.29) is 28.2 Å². The molecule has 0 aliphatic heterocycles. The molecule has 1 aliphatic rings. The summed E-state index contributed by atoms with van der Waals surface area (Å²) in [7, 11) is 0. The van der Waals surface area contributed by atoms with Crippen molar-refractivity contribution in [3.63, 3.8) is 0 Å². The highest BCUT2D eigenvalue weighted by atomic mass is 19.4. The molecule has 0 N–H and O–H groups in total. The van der Waals surface area contributed by atoms with E-state index in [0.29, 0.717) is 18.1 Å². The number of hydrogen-bond acceptors (Lipinski definition) is 0. The van der Waals surface area contributed by atoms with E-state index in [9.17, 15) is 30.7 Å². The monoisotopic (exact) mass is 550 g/mol. The number of allylic oxidation sites excluding steroid dienone is 2. The van der Waals surface area contributed by atoms with Crippen molar-refractivity contribution >= 4 is 5.83 Å². The lowest BCUT2D eigenvalue weighted by atomic mass is 9.77. The van der Waals surface area contributed by atoms with Gasteiger partial charge in [0, 0.05) is 11.1 Å². The summed E-state index contributed by atoms with van der Waals surface area (Å²) in [6.07, 6.45) is 2.10. The van der Waals surface area contributed by atoms with E-state index in [2.05, 4.69) is 6.58 Å². The van der Waals surface area contributed by atoms with Crippen LogP contribution < -0.4 is 0 Å². The first-order valence-electron chi connectivity index (χ1n) is 12.6. The van der Waals surface area contributed by atoms with Crippen molar-refractivity contribution in [2.45, 2.75) is 50.6 Å². The number of alkyl halides is 3. The number of benzene rings is 3. The number of halogens is 8. The second-order valence-corrected chi connectivity index (χ2v) is 9.87. The molecule has 0 saturated heterocycles. The average molecular weight is 551 g/mol. The van der Waals surface area contributed by atoms with Crippen molar-refractivity contribution in [1.29, 1.82) is 0 Å². The van der Waals surface area contributed by atoms with Gasteiger partial charge in [-0.05, 0) is 91.3 Å². The second-order valence-electron chi connectivity index (χ2n) is 9.87. The first-order chi connectivity index (χ1) is 18.5. The van der Waals surface area contributed by atoms with E-state index in [0.717, 1.165) is 50.2 Å². The van der Waals surface area contributed by atoms with Crippen molar-refractivity contribution in [3.8, 4) is 22.3 Å². The molecule has 0 aromatic heterocycles. The largest absolute Gasteiger partial charge is 0.412 e. The minimum Gasteiger partial charge on any atom is -0.206 e. The van der Waals surface area contributed by atoms with Crippen molar-refractivity contribution in [1.82, 2.24) is 0 Å². The first-order valence-corrected chi connectivity index (χ1v) is 12.6. The van der Waals surface area contributed by atoms with E-state index < -0.39 is 46.9 Å². The third-order valence-corrected chi connectivity index (χ3v) is 7.25. The standard InChI is InChI=1S/C31H26F8/c1-2-3-4-18-5-7-19(8-6-18)20-9-11-23(25(32)13-20)21-10-12-24(26(33)14-21)22-15-27(34)30(28(35)16-22)29(36)17-31(37,38)39/h2,9-19H,1,3-8H2/b29-17-. The molecular formula is C31H26F8. The minimum absolute atomic E-state index is 0.149. The molecule has 0 amide bonds. The van der Waals surface area contributed by atoms with Gasteiger partial charge >= 0.3 is 6.18 Å². The Balaban J connectivity index is 1.55. The van der Waals surface area contributed by atoms with Crippen molar-refractivity contribution in [2.75, 3.05) is 0 Å². The zero-order valence-corrected chi connectivity index (χ0v) is 20.9. The first kappa shape index (κ1) is 28.6. The van der Waals surface area contributed by atoms with Crippen molar-refractivity contribution in [3.05, 3.63) is 102 Å². The lowest BCUT2D eigenvalue weighted by Gasteiger charge is -2.28. The van der Waals surface area contributed by atoms with Crippen LogP contribution in [0.2, 0.25) is 0 Å². The summed E-state index contributed by atoms with van der Waals surface area (Å²) in [6, 6.07) is 9.50. The van der Waals surface area contributed by atoms with Gasteiger partial charge in [0.05, 0.1) is 11.6 Å². The summed E-state index contributed by atoms with van der Waals surface area (Å²) < 4.78 is 110. The Morgan fingerprint density at radius 3 is 1.90 bits per heavy atom. The summed E-state index contributed by atoms with van der Waals surface area (Å²) in [5.74, 6) is -5.95. The molecule has 0 unspecified atom stereocenters. The van der Waals surface area contributed by atoms with Crippen molar-refractivity contribution < 1.29 is 35.1 Å². The van der Waals surface area contributed by atoms with Crippen LogP contribution in [0, 0.1) is 29.2 Å². The van der Waals surface area contributed by atoms with Gasteiger partial charge in [-0.2, -0.15) is 13.2 Å². The number of hydrogen-bond donors (Lipinski definition) is 0. The molecular weight excluding hydrogens is 524 g/mol. The van der Waals surface area contributed by atoms with Gasteiger partial charge in [0.2, 0.25) is 0 Å². The normalized spacial score (nSPS) is 18.3. The van der Waals surface area contributed by atoms with E-state index in [1.54, 1.807) is 6.07 Å². The van der Waals surface area contributed by atoms with E-state index in [1.165, 1.54) is 18.2 Å². The summed E-state index contributed by atoms with van der Waals surface area (Å²) in [6.45, 7) is 3.76. The zero-order valence-electron chi connectivity index (χ0n) is 20.9. The Bertz CT molecular complexity index is 1350. The molecule has 0 atom stereocenters. The summed E-state index contributed by atoms with van der Waals surface area (Å²) >= 11 is 0. The smallest absolute Gasteiger partial charge is 0.206 e.